The third kappa shape index (κ3) is 2.69. The zero-order valence-corrected chi connectivity index (χ0v) is 10.7. The van der Waals surface area contributed by atoms with Crippen molar-refractivity contribution in [1.82, 2.24) is 0 Å². The number of esters is 1. The maximum atomic E-state index is 13.5. The molecule has 0 atom stereocenters. The van der Waals surface area contributed by atoms with Crippen LogP contribution in [0.4, 0.5) is 8.78 Å². The first-order valence-corrected chi connectivity index (χ1v) is 5.55. The molecular formula is C11H9BrF2O3. The van der Waals surface area contributed by atoms with Crippen molar-refractivity contribution >= 4 is 27.7 Å². The molecule has 0 saturated heterocycles. The maximum absolute atomic E-state index is 13.5. The van der Waals surface area contributed by atoms with Gasteiger partial charge in [-0.3, -0.25) is 4.79 Å². The summed E-state index contributed by atoms with van der Waals surface area (Å²) in [6.07, 6.45) is 0. The van der Waals surface area contributed by atoms with E-state index in [2.05, 4.69) is 20.7 Å². The first-order chi connectivity index (χ1) is 7.90. The molecule has 1 rings (SSSR count). The van der Waals surface area contributed by atoms with Crippen LogP contribution >= 0.6 is 15.9 Å². The van der Waals surface area contributed by atoms with Crippen LogP contribution in [-0.4, -0.2) is 18.4 Å². The number of rotatable bonds is 3. The highest BCUT2D eigenvalue weighted by atomic mass is 79.9. The number of hydrogen-bond acceptors (Lipinski definition) is 3. The fourth-order valence-electron chi connectivity index (χ4n) is 1.23. The highest BCUT2D eigenvalue weighted by Gasteiger charge is 2.27. The van der Waals surface area contributed by atoms with Gasteiger partial charge in [0.05, 0.1) is 12.2 Å². The van der Waals surface area contributed by atoms with Gasteiger partial charge in [-0.2, -0.15) is 0 Å². The van der Waals surface area contributed by atoms with Crippen molar-refractivity contribution in [3.8, 4) is 0 Å². The predicted molar refractivity (Wildman–Crippen MR) is 59.8 cm³/mol. The number of benzene rings is 1. The third-order valence-corrected chi connectivity index (χ3v) is 3.05. The molecule has 1 aromatic carbocycles. The minimum atomic E-state index is -1.36. The van der Waals surface area contributed by atoms with Gasteiger partial charge in [-0.05, 0) is 41.4 Å². The highest BCUT2D eigenvalue weighted by molar-refractivity contribution is 9.10. The van der Waals surface area contributed by atoms with Gasteiger partial charge in [-0.25, -0.2) is 13.6 Å². The summed E-state index contributed by atoms with van der Waals surface area (Å²) in [5, 5.41) is 0. The summed E-state index contributed by atoms with van der Waals surface area (Å²) in [6, 6.07) is 0.932. The average Bonchev–Trinajstić information content (AvgIpc) is 2.27. The van der Waals surface area contributed by atoms with Crippen LogP contribution in [-0.2, 0) is 9.53 Å². The van der Waals surface area contributed by atoms with Crippen LogP contribution in [0, 0.1) is 18.6 Å². The molecule has 0 radical (unpaired) electrons. The second kappa shape index (κ2) is 5.35. The van der Waals surface area contributed by atoms with Crippen molar-refractivity contribution in [2.45, 2.75) is 13.8 Å². The van der Waals surface area contributed by atoms with Gasteiger partial charge in [0.25, 0.3) is 5.78 Å². The van der Waals surface area contributed by atoms with E-state index in [0.717, 1.165) is 6.07 Å². The summed E-state index contributed by atoms with van der Waals surface area (Å²) in [5.74, 6) is -4.96. The van der Waals surface area contributed by atoms with Crippen LogP contribution in [0.3, 0.4) is 0 Å². The monoisotopic (exact) mass is 306 g/mol. The molecule has 3 nitrogen and oxygen atoms in total. The van der Waals surface area contributed by atoms with Crippen molar-refractivity contribution in [2.75, 3.05) is 6.61 Å². The zero-order chi connectivity index (χ0) is 13.2. The Bertz CT molecular complexity index is 460. The molecule has 6 heteroatoms. The fraction of sp³-hybridized carbons (Fsp3) is 0.273. The molecule has 0 unspecified atom stereocenters. The number of aryl methyl sites for hydroxylation is 1. The quantitative estimate of drug-likeness (QED) is 0.373. The second-order valence-electron chi connectivity index (χ2n) is 3.23. The lowest BCUT2D eigenvalue weighted by molar-refractivity contribution is -0.137. The fourth-order valence-corrected chi connectivity index (χ4v) is 1.70. The van der Waals surface area contributed by atoms with E-state index in [1.54, 1.807) is 0 Å². The van der Waals surface area contributed by atoms with Gasteiger partial charge in [0.15, 0.2) is 11.6 Å². The molecule has 0 aliphatic rings. The van der Waals surface area contributed by atoms with Gasteiger partial charge in [0.1, 0.15) is 0 Å². The molecule has 0 saturated carbocycles. The molecule has 1 aromatic rings. The lowest BCUT2D eigenvalue weighted by atomic mass is 10.1. The number of carbonyl (C=O) groups is 2. The summed E-state index contributed by atoms with van der Waals surface area (Å²) in [6.45, 7) is 2.97. The van der Waals surface area contributed by atoms with Crippen LogP contribution in [0.25, 0.3) is 0 Å². The van der Waals surface area contributed by atoms with Crippen molar-refractivity contribution in [3.05, 3.63) is 33.3 Å². The Balaban J connectivity index is 3.31. The predicted octanol–water partition coefficient (Wildman–Crippen LogP) is 2.78. The first-order valence-electron chi connectivity index (χ1n) is 4.75. The van der Waals surface area contributed by atoms with E-state index in [1.165, 1.54) is 13.8 Å². The minimum Gasteiger partial charge on any atom is -0.460 e. The van der Waals surface area contributed by atoms with Gasteiger partial charge in [0, 0.05) is 4.47 Å². The van der Waals surface area contributed by atoms with Crippen LogP contribution in [0.1, 0.15) is 22.8 Å². The second-order valence-corrected chi connectivity index (χ2v) is 4.02. The summed E-state index contributed by atoms with van der Waals surface area (Å²) < 4.78 is 31.1. The smallest absolute Gasteiger partial charge is 0.379 e. The van der Waals surface area contributed by atoms with Gasteiger partial charge in [0.2, 0.25) is 0 Å². The Labute approximate surface area is 105 Å². The number of ketones is 1. The average molecular weight is 307 g/mol. The van der Waals surface area contributed by atoms with Gasteiger partial charge < -0.3 is 4.74 Å². The van der Waals surface area contributed by atoms with E-state index >= 15 is 0 Å². The van der Waals surface area contributed by atoms with E-state index < -0.39 is 29.0 Å². The normalized spacial score (nSPS) is 10.2. The Kier molecular flexibility index (Phi) is 4.34. The summed E-state index contributed by atoms with van der Waals surface area (Å²) in [4.78, 5) is 22.8. The largest absolute Gasteiger partial charge is 0.460 e. The number of halogens is 3. The van der Waals surface area contributed by atoms with Gasteiger partial charge in [-0.15, -0.1) is 0 Å². The van der Waals surface area contributed by atoms with Crippen LogP contribution < -0.4 is 0 Å². The van der Waals surface area contributed by atoms with Gasteiger partial charge in [-0.1, -0.05) is 0 Å². The van der Waals surface area contributed by atoms with E-state index in [9.17, 15) is 18.4 Å². The number of hydrogen-bond donors (Lipinski definition) is 0. The molecule has 0 fully saturated rings. The molecule has 0 bridgehead atoms. The van der Waals surface area contributed by atoms with Crippen LogP contribution in [0.2, 0.25) is 0 Å². The third-order valence-electron chi connectivity index (χ3n) is 2.03. The van der Waals surface area contributed by atoms with Crippen LogP contribution in [0.5, 0.6) is 0 Å². The topological polar surface area (TPSA) is 43.4 Å². The van der Waals surface area contributed by atoms with Crippen molar-refractivity contribution in [1.29, 1.82) is 0 Å². The van der Waals surface area contributed by atoms with Crippen molar-refractivity contribution < 1.29 is 23.1 Å². The Morgan fingerprint density at radius 3 is 2.53 bits per heavy atom. The Morgan fingerprint density at radius 1 is 1.41 bits per heavy atom. The van der Waals surface area contributed by atoms with E-state index in [0.29, 0.717) is 5.56 Å². The molecular weight excluding hydrogens is 298 g/mol. The summed E-state index contributed by atoms with van der Waals surface area (Å²) >= 11 is 2.95. The van der Waals surface area contributed by atoms with Crippen molar-refractivity contribution in [2.24, 2.45) is 0 Å². The Hall–Kier alpha value is -1.30. The maximum Gasteiger partial charge on any atom is 0.379 e. The Morgan fingerprint density at radius 2 is 2.00 bits per heavy atom. The summed E-state index contributed by atoms with van der Waals surface area (Å²) in [7, 11) is 0. The van der Waals surface area contributed by atoms with E-state index in [1.807, 2.05) is 0 Å². The minimum absolute atomic E-state index is 0.0158. The molecule has 0 spiro atoms. The molecule has 0 aromatic heterocycles. The van der Waals surface area contributed by atoms with Gasteiger partial charge >= 0.3 is 5.97 Å². The number of Topliss-reactive ketones (excluding diaryl/α,β-unsaturated/α-hetero) is 1. The number of ether oxygens (including phenoxy) is 1. The molecule has 0 aliphatic heterocycles. The summed E-state index contributed by atoms with van der Waals surface area (Å²) in [5.41, 5.74) is -0.322. The number of carbonyl (C=O) groups excluding carboxylic acids is 2. The zero-order valence-electron chi connectivity index (χ0n) is 9.14. The molecule has 17 heavy (non-hydrogen) atoms. The standard InChI is InChI=1S/C11H9BrF2O3/c1-3-17-11(16)10(15)7-8(12)5(2)4-6(13)9(7)14/h4H,3H2,1-2H3. The molecule has 0 amide bonds. The molecule has 92 valence electrons. The highest BCUT2D eigenvalue weighted by Crippen LogP contribution is 2.26. The van der Waals surface area contributed by atoms with E-state index in [-0.39, 0.29) is 11.1 Å². The van der Waals surface area contributed by atoms with Crippen LogP contribution in [0.15, 0.2) is 10.5 Å². The SMILES string of the molecule is CCOC(=O)C(=O)c1c(F)c(F)cc(C)c1Br. The molecule has 0 N–H and O–H groups in total. The molecule has 0 aliphatic carbocycles. The van der Waals surface area contributed by atoms with Crippen molar-refractivity contribution in [3.63, 3.8) is 0 Å². The lowest BCUT2D eigenvalue weighted by Crippen LogP contribution is -2.20. The van der Waals surface area contributed by atoms with E-state index in [4.69, 9.17) is 0 Å². The lowest BCUT2D eigenvalue weighted by Gasteiger charge is -2.08. The molecule has 0 heterocycles. The first kappa shape index (κ1) is 13.8.